The Balaban J connectivity index is 2.16. The van der Waals surface area contributed by atoms with Crippen molar-refractivity contribution < 1.29 is 4.79 Å². The number of carbonyl (C=O) groups excluding carboxylic acids is 1. The molecule has 4 heteroatoms. The van der Waals surface area contributed by atoms with Crippen LogP contribution in [-0.4, -0.2) is 23.5 Å². The molecular weight excluding hydrogens is 334 g/mol. The van der Waals surface area contributed by atoms with Gasteiger partial charge in [0, 0.05) is 21.3 Å². The highest BCUT2D eigenvalue weighted by molar-refractivity contribution is 9.10. The minimum atomic E-state index is -0.0167. The lowest BCUT2D eigenvalue weighted by Gasteiger charge is -2.22. The van der Waals surface area contributed by atoms with Crippen LogP contribution in [0.3, 0.4) is 0 Å². The Morgan fingerprint density at radius 2 is 1.85 bits per heavy atom. The van der Waals surface area contributed by atoms with Crippen molar-refractivity contribution in [2.75, 3.05) is 12.8 Å². The van der Waals surface area contributed by atoms with E-state index in [0.29, 0.717) is 12.1 Å². The van der Waals surface area contributed by atoms with Gasteiger partial charge in [0.15, 0.2) is 0 Å². The number of rotatable bonds is 4. The van der Waals surface area contributed by atoms with Crippen LogP contribution in [0.5, 0.6) is 0 Å². The first-order valence-electron chi connectivity index (χ1n) is 6.44. The number of thioether (sulfide) groups is 1. The van der Waals surface area contributed by atoms with Gasteiger partial charge in [-0.2, -0.15) is 11.8 Å². The second-order valence-electron chi connectivity index (χ2n) is 5.35. The highest BCUT2D eigenvalue weighted by atomic mass is 79.9. The molecule has 2 rings (SSSR count). The van der Waals surface area contributed by atoms with Gasteiger partial charge in [-0.1, -0.05) is 28.1 Å². The predicted molar refractivity (Wildman–Crippen MR) is 91.6 cm³/mol. The zero-order valence-electron chi connectivity index (χ0n) is 11.9. The second kappa shape index (κ2) is 6.19. The van der Waals surface area contributed by atoms with E-state index in [1.54, 1.807) is 11.8 Å². The number of carbonyl (C=O) groups is 1. The van der Waals surface area contributed by atoms with Crippen molar-refractivity contribution in [2.45, 2.75) is 18.6 Å². The first-order chi connectivity index (χ1) is 9.41. The Bertz CT molecular complexity index is 639. The predicted octanol–water partition coefficient (Wildman–Crippen LogP) is 4.47. The number of fused-ring (bicyclic) bond motifs is 1. The van der Waals surface area contributed by atoms with Crippen LogP contribution in [0.4, 0.5) is 0 Å². The summed E-state index contributed by atoms with van der Waals surface area (Å²) in [6.45, 7) is 4.90. The summed E-state index contributed by atoms with van der Waals surface area (Å²) < 4.78 is 1.10. The number of amides is 1. The average molecular weight is 352 g/mol. The van der Waals surface area contributed by atoms with Crippen molar-refractivity contribution in [1.82, 2.24) is 5.32 Å². The summed E-state index contributed by atoms with van der Waals surface area (Å²) in [4.78, 5) is 12.2. The molecule has 2 aromatic carbocycles. The van der Waals surface area contributed by atoms with Gasteiger partial charge < -0.3 is 5.32 Å². The van der Waals surface area contributed by atoms with Crippen LogP contribution in [0.25, 0.3) is 10.8 Å². The van der Waals surface area contributed by atoms with Crippen LogP contribution >= 0.6 is 27.7 Å². The molecule has 106 valence electrons. The molecule has 0 saturated carbocycles. The Kier molecular flexibility index (Phi) is 4.76. The van der Waals surface area contributed by atoms with Crippen LogP contribution in [-0.2, 0) is 0 Å². The smallest absolute Gasteiger partial charge is 0.251 e. The minimum Gasteiger partial charge on any atom is -0.351 e. The number of hydrogen-bond acceptors (Lipinski definition) is 2. The Morgan fingerprint density at radius 1 is 1.20 bits per heavy atom. The highest BCUT2D eigenvalue weighted by Crippen LogP contribution is 2.22. The summed E-state index contributed by atoms with van der Waals surface area (Å²) in [7, 11) is 0. The van der Waals surface area contributed by atoms with Gasteiger partial charge in [-0.25, -0.2) is 0 Å². The lowest BCUT2D eigenvalue weighted by atomic mass is 10.1. The third-order valence-electron chi connectivity index (χ3n) is 3.29. The zero-order valence-corrected chi connectivity index (χ0v) is 14.3. The molecule has 0 bridgehead atoms. The molecule has 0 saturated heterocycles. The summed E-state index contributed by atoms with van der Waals surface area (Å²) in [5.41, 5.74) is 0.705. The summed E-state index contributed by atoms with van der Waals surface area (Å²) in [5.74, 6) is -0.0167. The van der Waals surface area contributed by atoms with Crippen molar-refractivity contribution >= 4 is 44.4 Å². The van der Waals surface area contributed by atoms with E-state index in [1.165, 1.54) is 0 Å². The SMILES string of the molecule is CSC(C)(C)CNC(=O)c1ccc2cc(Br)ccc2c1. The fourth-order valence-electron chi connectivity index (χ4n) is 1.83. The van der Waals surface area contributed by atoms with Crippen LogP contribution in [0, 0.1) is 0 Å². The number of benzene rings is 2. The Labute approximate surface area is 132 Å². The molecule has 0 atom stereocenters. The Morgan fingerprint density at radius 3 is 2.55 bits per heavy atom. The topological polar surface area (TPSA) is 29.1 Å². The molecule has 0 aliphatic rings. The molecule has 0 heterocycles. The van der Waals surface area contributed by atoms with E-state index >= 15 is 0 Å². The first kappa shape index (κ1) is 15.4. The van der Waals surface area contributed by atoms with Crippen molar-refractivity contribution in [1.29, 1.82) is 0 Å². The van der Waals surface area contributed by atoms with E-state index in [1.807, 2.05) is 36.4 Å². The van der Waals surface area contributed by atoms with Gasteiger partial charge in [0.25, 0.3) is 5.91 Å². The molecule has 0 aliphatic heterocycles. The molecule has 0 aliphatic carbocycles. The third kappa shape index (κ3) is 3.76. The van der Waals surface area contributed by atoms with Gasteiger partial charge in [-0.05, 0) is 55.1 Å². The van der Waals surface area contributed by atoms with Crippen LogP contribution in [0.2, 0.25) is 0 Å². The molecule has 0 fully saturated rings. The van der Waals surface area contributed by atoms with Gasteiger partial charge >= 0.3 is 0 Å². The largest absolute Gasteiger partial charge is 0.351 e. The highest BCUT2D eigenvalue weighted by Gasteiger charge is 2.17. The monoisotopic (exact) mass is 351 g/mol. The van der Waals surface area contributed by atoms with E-state index in [9.17, 15) is 4.79 Å². The molecule has 0 spiro atoms. The quantitative estimate of drug-likeness (QED) is 0.879. The third-order valence-corrected chi connectivity index (χ3v) is 5.03. The van der Waals surface area contributed by atoms with Gasteiger partial charge in [0.1, 0.15) is 0 Å². The number of nitrogens with one attached hydrogen (secondary N) is 1. The van der Waals surface area contributed by atoms with Gasteiger partial charge in [0.2, 0.25) is 0 Å². The molecular formula is C16H18BrNOS. The van der Waals surface area contributed by atoms with Crippen molar-refractivity contribution in [2.24, 2.45) is 0 Å². The van der Waals surface area contributed by atoms with E-state index in [2.05, 4.69) is 41.3 Å². The molecule has 0 unspecified atom stereocenters. The van der Waals surface area contributed by atoms with Gasteiger partial charge in [-0.15, -0.1) is 0 Å². The first-order valence-corrected chi connectivity index (χ1v) is 8.46. The summed E-state index contributed by atoms with van der Waals surface area (Å²) in [6.07, 6.45) is 2.06. The van der Waals surface area contributed by atoms with E-state index < -0.39 is 0 Å². The molecule has 1 N–H and O–H groups in total. The maximum absolute atomic E-state index is 12.2. The summed E-state index contributed by atoms with van der Waals surface area (Å²) in [6, 6.07) is 11.8. The molecule has 20 heavy (non-hydrogen) atoms. The number of hydrogen-bond donors (Lipinski definition) is 1. The van der Waals surface area contributed by atoms with E-state index in [-0.39, 0.29) is 10.7 Å². The van der Waals surface area contributed by atoms with E-state index in [0.717, 1.165) is 15.2 Å². The standard InChI is InChI=1S/C16H18BrNOS/c1-16(2,20-3)10-18-15(19)13-5-4-12-9-14(17)7-6-11(12)8-13/h4-9H,10H2,1-3H3,(H,18,19). The molecule has 0 radical (unpaired) electrons. The van der Waals surface area contributed by atoms with Gasteiger partial charge in [0.05, 0.1) is 0 Å². The molecule has 1 amide bonds. The normalized spacial score (nSPS) is 11.6. The fourth-order valence-corrected chi connectivity index (χ4v) is 2.42. The number of halogens is 1. The molecule has 2 aromatic rings. The van der Waals surface area contributed by atoms with Crippen LogP contribution in [0.1, 0.15) is 24.2 Å². The average Bonchev–Trinajstić information content (AvgIpc) is 2.44. The van der Waals surface area contributed by atoms with Crippen LogP contribution in [0.15, 0.2) is 40.9 Å². The molecule has 0 aromatic heterocycles. The minimum absolute atomic E-state index is 0.0167. The van der Waals surface area contributed by atoms with Gasteiger partial charge in [-0.3, -0.25) is 4.79 Å². The Hall–Kier alpha value is -1.00. The van der Waals surface area contributed by atoms with Crippen molar-refractivity contribution in [3.8, 4) is 0 Å². The maximum Gasteiger partial charge on any atom is 0.251 e. The van der Waals surface area contributed by atoms with Crippen molar-refractivity contribution in [3.63, 3.8) is 0 Å². The molecule has 2 nitrogen and oxygen atoms in total. The summed E-state index contributed by atoms with van der Waals surface area (Å²) >= 11 is 5.20. The van der Waals surface area contributed by atoms with Crippen LogP contribution < -0.4 is 5.32 Å². The maximum atomic E-state index is 12.2. The lowest BCUT2D eigenvalue weighted by molar-refractivity contribution is 0.0951. The lowest BCUT2D eigenvalue weighted by Crippen LogP contribution is -2.36. The summed E-state index contributed by atoms with van der Waals surface area (Å²) in [5, 5.41) is 5.20. The zero-order chi connectivity index (χ0) is 14.8. The van der Waals surface area contributed by atoms with E-state index in [4.69, 9.17) is 0 Å². The fraction of sp³-hybridized carbons (Fsp3) is 0.312. The van der Waals surface area contributed by atoms with Crippen molar-refractivity contribution in [3.05, 3.63) is 46.4 Å². The second-order valence-corrected chi connectivity index (χ2v) is 7.78.